The summed E-state index contributed by atoms with van der Waals surface area (Å²) < 4.78 is 5.89. The number of ether oxygens (including phenoxy) is 1. The van der Waals surface area contributed by atoms with Gasteiger partial charge in [-0.05, 0) is 67.6 Å². The summed E-state index contributed by atoms with van der Waals surface area (Å²) >= 11 is 6.28. The lowest BCUT2D eigenvalue weighted by Crippen LogP contribution is -2.51. The van der Waals surface area contributed by atoms with Crippen molar-refractivity contribution in [3.05, 3.63) is 99.6 Å². The molecule has 35 heavy (non-hydrogen) atoms. The Labute approximate surface area is 213 Å². The number of carbonyl (C=O) groups is 2. The van der Waals surface area contributed by atoms with Gasteiger partial charge in [0.2, 0.25) is 5.91 Å². The summed E-state index contributed by atoms with van der Waals surface area (Å²) in [7, 11) is 0. The van der Waals surface area contributed by atoms with Crippen molar-refractivity contribution in [3.63, 3.8) is 0 Å². The van der Waals surface area contributed by atoms with Crippen molar-refractivity contribution in [2.45, 2.75) is 46.7 Å². The molecule has 0 aliphatic rings. The van der Waals surface area contributed by atoms with E-state index in [9.17, 15) is 9.59 Å². The Morgan fingerprint density at radius 3 is 2.20 bits per heavy atom. The third-order valence-corrected chi connectivity index (χ3v) is 6.59. The van der Waals surface area contributed by atoms with Crippen molar-refractivity contribution >= 4 is 23.4 Å². The highest BCUT2D eigenvalue weighted by Gasteiger charge is 2.30. The monoisotopic (exact) mass is 492 g/mol. The largest absolute Gasteiger partial charge is 0.484 e. The van der Waals surface area contributed by atoms with Gasteiger partial charge in [0.25, 0.3) is 5.91 Å². The molecule has 0 spiro atoms. The number of halogens is 1. The van der Waals surface area contributed by atoms with Crippen LogP contribution in [0.5, 0.6) is 5.75 Å². The summed E-state index contributed by atoms with van der Waals surface area (Å²) in [5, 5.41) is 3.59. The summed E-state index contributed by atoms with van der Waals surface area (Å²) in [4.78, 5) is 28.4. The number of rotatable bonds is 10. The zero-order valence-electron chi connectivity index (χ0n) is 20.8. The molecule has 2 amide bonds. The van der Waals surface area contributed by atoms with E-state index in [0.717, 1.165) is 27.8 Å². The van der Waals surface area contributed by atoms with E-state index in [1.807, 2.05) is 94.4 Å². The van der Waals surface area contributed by atoms with Crippen LogP contribution in [0.25, 0.3) is 0 Å². The summed E-state index contributed by atoms with van der Waals surface area (Å²) in [5.41, 5.74) is 4.80. The normalized spacial score (nSPS) is 11.6. The van der Waals surface area contributed by atoms with Crippen molar-refractivity contribution in [3.8, 4) is 5.75 Å². The zero-order valence-corrected chi connectivity index (χ0v) is 21.6. The molecule has 0 bridgehead atoms. The molecule has 0 heterocycles. The molecule has 1 N–H and O–H groups in total. The van der Waals surface area contributed by atoms with Crippen LogP contribution in [0, 0.1) is 20.8 Å². The second kappa shape index (κ2) is 12.4. The number of carbonyl (C=O) groups excluding carboxylic acids is 2. The first-order chi connectivity index (χ1) is 16.8. The van der Waals surface area contributed by atoms with Crippen LogP contribution in [0.1, 0.15) is 34.7 Å². The lowest BCUT2D eigenvalue weighted by Gasteiger charge is -2.32. The molecule has 0 aliphatic carbocycles. The van der Waals surface area contributed by atoms with Crippen molar-refractivity contribution in [2.24, 2.45) is 0 Å². The number of hydrogen-bond acceptors (Lipinski definition) is 3. The van der Waals surface area contributed by atoms with Gasteiger partial charge in [0.05, 0.1) is 0 Å². The molecule has 0 saturated heterocycles. The van der Waals surface area contributed by atoms with Gasteiger partial charge in [0.1, 0.15) is 11.8 Å². The molecule has 0 fully saturated rings. The molecule has 0 radical (unpaired) electrons. The molecule has 0 saturated carbocycles. The Bertz CT molecular complexity index is 1140. The predicted molar refractivity (Wildman–Crippen MR) is 141 cm³/mol. The third kappa shape index (κ3) is 7.09. The maximum Gasteiger partial charge on any atom is 0.261 e. The van der Waals surface area contributed by atoms with Crippen LogP contribution in [-0.4, -0.2) is 35.9 Å². The Hall–Kier alpha value is -3.31. The van der Waals surface area contributed by atoms with Crippen molar-refractivity contribution < 1.29 is 14.3 Å². The van der Waals surface area contributed by atoms with Gasteiger partial charge in [0.15, 0.2) is 6.61 Å². The fourth-order valence-corrected chi connectivity index (χ4v) is 4.14. The van der Waals surface area contributed by atoms with E-state index in [2.05, 4.69) is 5.32 Å². The third-order valence-electron chi connectivity index (χ3n) is 6.00. The number of nitrogens with one attached hydrogen (secondary N) is 1. The van der Waals surface area contributed by atoms with E-state index in [0.29, 0.717) is 30.3 Å². The average molecular weight is 493 g/mol. The van der Waals surface area contributed by atoms with Crippen LogP contribution in [-0.2, 0) is 22.6 Å². The van der Waals surface area contributed by atoms with Crippen molar-refractivity contribution in [1.29, 1.82) is 0 Å². The molecular formula is C29H33ClN2O3. The van der Waals surface area contributed by atoms with Gasteiger partial charge in [-0.15, -0.1) is 0 Å². The van der Waals surface area contributed by atoms with Gasteiger partial charge in [-0.2, -0.15) is 0 Å². The van der Waals surface area contributed by atoms with Crippen LogP contribution in [0.2, 0.25) is 5.02 Å². The van der Waals surface area contributed by atoms with Crippen LogP contribution < -0.4 is 10.1 Å². The van der Waals surface area contributed by atoms with Gasteiger partial charge in [-0.1, -0.05) is 66.2 Å². The zero-order chi connectivity index (χ0) is 25.4. The maximum atomic E-state index is 13.6. The van der Waals surface area contributed by atoms with Crippen LogP contribution in [0.4, 0.5) is 0 Å². The quantitative estimate of drug-likeness (QED) is 0.411. The van der Waals surface area contributed by atoms with E-state index in [1.165, 1.54) is 0 Å². The molecule has 1 unspecified atom stereocenters. The molecule has 184 valence electrons. The number of aryl methyl sites for hydroxylation is 3. The lowest BCUT2D eigenvalue weighted by atomic mass is 10.0. The van der Waals surface area contributed by atoms with E-state index in [1.54, 1.807) is 4.90 Å². The first-order valence-corrected chi connectivity index (χ1v) is 12.2. The van der Waals surface area contributed by atoms with Gasteiger partial charge < -0.3 is 15.0 Å². The molecule has 1 atom stereocenters. The van der Waals surface area contributed by atoms with Crippen molar-refractivity contribution in [1.82, 2.24) is 10.2 Å². The van der Waals surface area contributed by atoms with E-state index in [-0.39, 0.29) is 18.4 Å². The minimum absolute atomic E-state index is 0.183. The molecule has 0 aromatic heterocycles. The fraction of sp³-hybridized carbons (Fsp3) is 0.310. The number of benzene rings is 3. The second-order valence-electron chi connectivity index (χ2n) is 8.71. The van der Waals surface area contributed by atoms with Gasteiger partial charge in [-0.25, -0.2) is 0 Å². The number of amides is 2. The highest BCUT2D eigenvalue weighted by Crippen LogP contribution is 2.26. The first kappa shape index (κ1) is 26.3. The van der Waals surface area contributed by atoms with Gasteiger partial charge >= 0.3 is 0 Å². The summed E-state index contributed by atoms with van der Waals surface area (Å²) in [6.07, 6.45) is 0.406. The van der Waals surface area contributed by atoms with E-state index >= 15 is 0 Å². The predicted octanol–water partition coefficient (Wildman–Crippen LogP) is 5.42. The van der Waals surface area contributed by atoms with Crippen molar-refractivity contribution in [2.75, 3.05) is 13.2 Å². The van der Waals surface area contributed by atoms with E-state index < -0.39 is 6.04 Å². The van der Waals surface area contributed by atoms with Crippen LogP contribution in [0.3, 0.4) is 0 Å². The fourth-order valence-electron chi connectivity index (χ4n) is 4.03. The smallest absolute Gasteiger partial charge is 0.261 e. The first-order valence-electron chi connectivity index (χ1n) is 11.8. The number of hydrogen-bond donors (Lipinski definition) is 1. The van der Waals surface area contributed by atoms with Gasteiger partial charge in [0, 0.05) is 24.5 Å². The molecule has 6 heteroatoms. The molecule has 3 rings (SSSR count). The molecule has 3 aromatic carbocycles. The SMILES string of the molecule is CCNC(=O)C(Cc1ccccc1)N(Cc1ccccc1C)C(=O)COc1cc(C)c(Cl)c(C)c1. The molecule has 0 aliphatic heterocycles. The Morgan fingerprint density at radius 2 is 1.57 bits per heavy atom. The Kier molecular flexibility index (Phi) is 9.32. The lowest BCUT2D eigenvalue weighted by molar-refractivity contribution is -0.142. The number of nitrogens with zero attached hydrogens (tertiary/aromatic N) is 1. The summed E-state index contributed by atoms with van der Waals surface area (Å²) in [5.74, 6) is 0.133. The summed E-state index contributed by atoms with van der Waals surface area (Å²) in [6.45, 7) is 8.29. The Morgan fingerprint density at radius 1 is 0.943 bits per heavy atom. The average Bonchev–Trinajstić information content (AvgIpc) is 2.85. The summed E-state index contributed by atoms with van der Waals surface area (Å²) in [6, 6.07) is 20.6. The highest BCUT2D eigenvalue weighted by atomic mass is 35.5. The topological polar surface area (TPSA) is 58.6 Å². The molecular weight excluding hydrogens is 460 g/mol. The molecule has 3 aromatic rings. The Balaban J connectivity index is 1.91. The number of likely N-dealkylation sites (N-methyl/N-ethyl adjacent to an activating group) is 1. The van der Waals surface area contributed by atoms with Crippen LogP contribution in [0.15, 0.2) is 66.7 Å². The maximum absolute atomic E-state index is 13.6. The minimum atomic E-state index is -0.679. The van der Waals surface area contributed by atoms with E-state index in [4.69, 9.17) is 16.3 Å². The van der Waals surface area contributed by atoms with Gasteiger partial charge in [-0.3, -0.25) is 9.59 Å². The van der Waals surface area contributed by atoms with Crippen LogP contribution >= 0.6 is 11.6 Å². The highest BCUT2D eigenvalue weighted by molar-refractivity contribution is 6.32. The second-order valence-corrected chi connectivity index (χ2v) is 9.09. The minimum Gasteiger partial charge on any atom is -0.484 e. The molecule has 5 nitrogen and oxygen atoms in total. The standard InChI is InChI=1S/C29H33ClN2O3/c1-5-31-29(34)26(17-23-12-7-6-8-13-23)32(18-24-14-10-9-11-20(24)2)27(33)19-35-25-15-21(3)28(30)22(4)16-25/h6-16,26H,5,17-19H2,1-4H3,(H,31,34).